The Kier molecular flexibility index (Phi) is 5.58. The second-order valence-corrected chi connectivity index (χ2v) is 2.21. The minimum absolute atomic E-state index is 0.426. The van der Waals surface area contributed by atoms with Crippen molar-refractivity contribution < 1.29 is 0 Å². The molecule has 0 fully saturated rings. The van der Waals surface area contributed by atoms with Gasteiger partial charge in [0.15, 0.2) is 0 Å². The fourth-order valence-electron chi connectivity index (χ4n) is 0.697. The molecule has 2 nitrogen and oxygen atoms in total. The molecular weight excluding hydrogens is 111 g/mol. The van der Waals surface area contributed by atoms with E-state index < -0.39 is 0 Å². The number of hydrogen-bond donors (Lipinski definition) is 0. The molecule has 0 rings (SSSR count). The molecule has 0 amide bonds. The van der Waals surface area contributed by atoms with Gasteiger partial charge in [-0.1, -0.05) is 20.2 Å². The van der Waals surface area contributed by atoms with Crippen LogP contribution in [0.1, 0.15) is 26.7 Å². The second kappa shape index (κ2) is 5.80. The lowest BCUT2D eigenvalue weighted by molar-refractivity contribution is 0.632. The first-order valence-electron chi connectivity index (χ1n) is 3.67. The Morgan fingerprint density at radius 2 is 2.22 bits per heavy atom. The Bertz CT molecular complexity index is 83.1. The van der Waals surface area contributed by atoms with Gasteiger partial charge >= 0.3 is 0 Å². The molecule has 52 valence electrons. The largest absolute Gasteiger partial charge is 0.287 e. The first-order chi connectivity index (χ1) is 4.31. The number of rotatable bonds is 4. The molecule has 9 heavy (non-hydrogen) atoms. The molecule has 0 aromatic carbocycles. The van der Waals surface area contributed by atoms with Crippen molar-refractivity contribution in [3.8, 4) is 0 Å². The van der Waals surface area contributed by atoms with Gasteiger partial charge < -0.3 is 0 Å². The van der Waals surface area contributed by atoms with Gasteiger partial charge in [0.05, 0.1) is 6.04 Å². The average molecular weight is 126 g/mol. The Labute approximate surface area is 58.0 Å². The highest BCUT2D eigenvalue weighted by Crippen LogP contribution is 1.99. The molecule has 0 aromatic rings. The van der Waals surface area contributed by atoms with Crippen molar-refractivity contribution in [1.82, 2.24) is 0 Å². The van der Waals surface area contributed by atoms with E-state index in [0.717, 1.165) is 13.8 Å². The van der Waals surface area contributed by atoms with Gasteiger partial charge in [-0.3, -0.25) is 5.03 Å². The highest BCUT2D eigenvalue weighted by atomic mass is 15.1. The third-order valence-electron chi connectivity index (χ3n) is 1.13. The minimum atomic E-state index is 0.426. The molecule has 0 aliphatic carbocycles. The summed E-state index contributed by atoms with van der Waals surface area (Å²) in [5.41, 5.74) is 0. The maximum atomic E-state index is 4.06. The van der Waals surface area contributed by atoms with Gasteiger partial charge in [0.1, 0.15) is 0 Å². The summed E-state index contributed by atoms with van der Waals surface area (Å²) in [7, 11) is 0.814. The quantitative estimate of drug-likeness (QED) is 0.406. The van der Waals surface area contributed by atoms with Crippen molar-refractivity contribution in [2.45, 2.75) is 39.6 Å². The molecule has 0 aliphatic rings. The summed E-state index contributed by atoms with van der Waals surface area (Å²) < 4.78 is 0. The molecule has 1 unspecified atom stereocenters. The van der Waals surface area contributed by atoms with Gasteiger partial charge in [0, 0.05) is 0 Å². The van der Waals surface area contributed by atoms with Gasteiger partial charge in [-0.2, -0.15) is 0 Å². The molecule has 0 N–H and O–H groups in total. The summed E-state index contributed by atoms with van der Waals surface area (Å²) in [5, 5.41) is 7.97. The molecule has 0 saturated heterocycles. The zero-order valence-corrected chi connectivity index (χ0v) is 6.59. The molecule has 0 aliphatic heterocycles. The lowest BCUT2D eigenvalue weighted by Gasteiger charge is -1.99. The summed E-state index contributed by atoms with van der Waals surface area (Å²) in [4.78, 5) is 0. The number of nitrogens with zero attached hydrogens (tertiary/aromatic N) is 2. The van der Waals surface area contributed by atoms with Crippen LogP contribution in [-0.2, 0) is 0 Å². The average Bonchev–Trinajstić information content (AvgIpc) is 1.85. The van der Waals surface area contributed by atoms with Gasteiger partial charge in [-0.05, 0) is 13.3 Å². The Morgan fingerprint density at radius 1 is 1.56 bits per heavy atom. The van der Waals surface area contributed by atoms with Crippen molar-refractivity contribution in [3.05, 3.63) is 0 Å². The summed E-state index contributed by atoms with van der Waals surface area (Å²) in [5.74, 6) is 0. The van der Waals surface area contributed by atoms with Crippen LogP contribution >= 0.6 is 0 Å². The lowest BCUT2D eigenvalue weighted by atomic mass is 10.0. The van der Waals surface area contributed by atoms with Crippen LogP contribution in [0.15, 0.2) is 10.1 Å². The summed E-state index contributed by atoms with van der Waals surface area (Å²) in [6.07, 6.45) is 2.35. The minimum Gasteiger partial charge on any atom is -0.264 e. The van der Waals surface area contributed by atoms with Crippen molar-refractivity contribution in [2.24, 2.45) is 10.1 Å². The molecule has 0 aromatic heterocycles. The Hall–Kier alpha value is -0.335. The zero-order chi connectivity index (χ0) is 7.11. The van der Waals surface area contributed by atoms with Crippen molar-refractivity contribution in [2.75, 3.05) is 0 Å². The highest BCUT2D eigenvalue weighted by molar-refractivity contribution is 6.30. The third kappa shape index (κ3) is 5.54. The predicted molar refractivity (Wildman–Crippen MR) is 42.2 cm³/mol. The molecular formula is C6H15BN2. The zero-order valence-electron chi connectivity index (χ0n) is 6.59. The molecule has 0 bridgehead atoms. The van der Waals surface area contributed by atoms with E-state index in [1.54, 1.807) is 0 Å². The smallest absolute Gasteiger partial charge is 0.264 e. The monoisotopic (exact) mass is 126 g/mol. The third-order valence-corrected chi connectivity index (χ3v) is 1.13. The van der Waals surface area contributed by atoms with Crippen LogP contribution in [-0.4, -0.2) is 13.5 Å². The van der Waals surface area contributed by atoms with Crippen LogP contribution in [0.2, 0.25) is 6.82 Å². The van der Waals surface area contributed by atoms with E-state index in [1.165, 1.54) is 6.42 Å². The molecule has 0 spiro atoms. The van der Waals surface area contributed by atoms with Gasteiger partial charge in [0.2, 0.25) is 0 Å². The summed E-state index contributed by atoms with van der Waals surface area (Å²) in [6.45, 7) is 6.27. The van der Waals surface area contributed by atoms with Crippen molar-refractivity contribution in [1.29, 1.82) is 0 Å². The van der Waals surface area contributed by atoms with E-state index in [9.17, 15) is 0 Å². The first-order valence-corrected chi connectivity index (χ1v) is 3.67. The standard InChI is InChI=1S/C6H15BN2/c1-4-5-6(2)8-9-7-3/h6-7H,4-5H2,1-3H3. The van der Waals surface area contributed by atoms with Crippen molar-refractivity contribution in [3.63, 3.8) is 0 Å². The lowest BCUT2D eigenvalue weighted by Crippen LogP contribution is -1.94. The molecule has 0 heterocycles. The van der Waals surface area contributed by atoms with Crippen LogP contribution in [0, 0.1) is 0 Å². The maximum Gasteiger partial charge on any atom is 0.287 e. The molecule has 0 saturated carbocycles. The second-order valence-electron chi connectivity index (χ2n) is 2.21. The van der Waals surface area contributed by atoms with E-state index in [2.05, 4.69) is 24.0 Å². The molecule has 3 heteroatoms. The van der Waals surface area contributed by atoms with Crippen molar-refractivity contribution >= 4 is 7.41 Å². The van der Waals surface area contributed by atoms with Crippen LogP contribution < -0.4 is 0 Å². The van der Waals surface area contributed by atoms with Crippen LogP contribution in [0.5, 0.6) is 0 Å². The van der Waals surface area contributed by atoms with E-state index in [1.807, 2.05) is 6.82 Å². The Morgan fingerprint density at radius 3 is 2.67 bits per heavy atom. The van der Waals surface area contributed by atoms with E-state index >= 15 is 0 Å². The SMILES string of the molecule is CBN=NC(C)CCC. The van der Waals surface area contributed by atoms with Gasteiger partial charge in [-0.25, -0.2) is 5.11 Å². The predicted octanol–water partition coefficient (Wildman–Crippen LogP) is 2.03. The van der Waals surface area contributed by atoms with E-state index in [0.29, 0.717) is 6.04 Å². The highest BCUT2D eigenvalue weighted by Gasteiger charge is 1.93. The fourth-order valence-corrected chi connectivity index (χ4v) is 0.697. The van der Waals surface area contributed by atoms with E-state index in [-0.39, 0.29) is 0 Å². The molecule has 0 radical (unpaired) electrons. The maximum absolute atomic E-state index is 4.06. The number of hydrogen-bond acceptors (Lipinski definition) is 2. The van der Waals surface area contributed by atoms with Gasteiger partial charge in [-0.15, -0.1) is 0 Å². The first kappa shape index (κ1) is 8.66. The van der Waals surface area contributed by atoms with Gasteiger partial charge in [0.25, 0.3) is 7.41 Å². The van der Waals surface area contributed by atoms with Crippen LogP contribution in [0.3, 0.4) is 0 Å². The Balaban J connectivity index is 3.25. The topological polar surface area (TPSA) is 24.7 Å². The van der Waals surface area contributed by atoms with Crippen LogP contribution in [0.25, 0.3) is 0 Å². The van der Waals surface area contributed by atoms with Crippen LogP contribution in [0.4, 0.5) is 0 Å². The van der Waals surface area contributed by atoms with E-state index in [4.69, 9.17) is 0 Å². The normalized spacial score (nSPS) is 14.1. The summed E-state index contributed by atoms with van der Waals surface area (Å²) >= 11 is 0. The molecule has 1 atom stereocenters. The fraction of sp³-hybridized carbons (Fsp3) is 1.00. The summed E-state index contributed by atoms with van der Waals surface area (Å²) in [6, 6.07) is 0.426.